The third-order valence-corrected chi connectivity index (χ3v) is 7.05. The van der Waals surface area contributed by atoms with Crippen molar-refractivity contribution in [3.8, 4) is 39.4 Å². The molecule has 8 rings (SSSR count). The Labute approximate surface area is 272 Å². The Morgan fingerprint density at radius 1 is 0.682 bits per heavy atom. The first-order valence-corrected chi connectivity index (χ1v) is 14.2. The average Bonchev–Trinajstić information content (AvgIpc) is 3.52. The normalized spacial score (nSPS) is 10.8. The largest absolute Gasteiger partial charge is 0.429 e. The fraction of sp³-hybridized carbons (Fsp3) is 0.0513. The molecule has 0 saturated heterocycles. The van der Waals surface area contributed by atoms with Gasteiger partial charge in [-0.15, -0.1) is 71.8 Å². The number of aryl methyl sites for hydroxylation is 1. The van der Waals surface area contributed by atoms with Gasteiger partial charge in [-0.1, -0.05) is 54.6 Å². The van der Waals surface area contributed by atoms with Crippen molar-refractivity contribution in [1.82, 2.24) is 9.97 Å². The second-order valence-electron chi connectivity index (χ2n) is 9.96. The number of ether oxygens (including phenoxy) is 1. The van der Waals surface area contributed by atoms with Crippen molar-refractivity contribution in [1.29, 1.82) is 0 Å². The number of pyridine rings is 3. The number of benzene rings is 4. The fourth-order valence-corrected chi connectivity index (χ4v) is 4.92. The second kappa shape index (κ2) is 15.0. The molecule has 0 amide bonds. The molecule has 3 aromatic heterocycles. The van der Waals surface area contributed by atoms with E-state index in [4.69, 9.17) is 4.74 Å². The van der Waals surface area contributed by atoms with Crippen molar-refractivity contribution in [3.05, 3.63) is 170 Å². The van der Waals surface area contributed by atoms with Crippen LogP contribution in [0.1, 0.15) is 5.56 Å². The van der Waals surface area contributed by atoms with Crippen LogP contribution in [0.3, 0.4) is 0 Å². The van der Waals surface area contributed by atoms with Crippen LogP contribution in [0.2, 0.25) is 0 Å². The maximum absolute atomic E-state index is 5.48. The molecular weight excluding hydrogens is 719 g/mol. The minimum atomic E-state index is 0. The summed E-state index contributed by atoms with van der Waals surface area (Å²) in [5.41, 5.74) is 8.84. The zero-order valence-electron chi connectivity index (χ0n) is 24.2. The van der Waals surface area contributed by atoms with Crippen molar-refractivity contribution < 1.29 is 29.4 Å². The van der Waals surface area contributed by atoms with Crippen molar-refractivity contribution in [2.45, 2.75) is 13.7 Å². The van der Waals surface area contributed by atoms with E-state index in [1.807, 2.05) is 116 Å². The Morgan fingerprint density at radius 3 is 2.07 bits per heavy atom. The monoisotopic (exact) mass is 749 g/mol. The van der Waals surface area contributed by atoms with Crippen molar-refractivity contribution in [2.75, 3.05) is 0 Å². The number of para-hydroxylation sites is 1. The van der Waals surface area contributed by atoms with Crippen LogP contribution in [-0.4, -0.2) is 9.97 Å². The predicted octanol–water partition coefficient (Wildman–Crippen LogP) is 8.55. The minimum Gasteiger partial charge on any atom is -0.429 e. The molecule has 0 bridgehead atoms. The first-order chi connectivity index (χ1) is 21.3. The fourth-order valence-electron chi connectivity index (χ4n) is 4.92. The molecule has 1 aliphatic heterocycles. The molecule has 7 aromatic rings. The molecule has 1 aliphatic rings. The van der Waals surface area contributed by atoms with Gasteiger partial charge in [0.25, 0.3) is 12.2 Å². The summed E-state index contributed by atoms with van der Waals surface area (Å²) in [5, 5.41) is 1.24. The van der Waals surface area contributed by atoms with Crippen molar-refractivity contribution in [2.24, 2.45) is 0 Å². The molecule has 217 valence electrons. The van der Waals surface area contributed by atoms with E-state index in [-0.39, 0.29) is 20.1 Å². The van der Waals surface area contributed by atoms with Crippen LogP contribution in [-0.2, 0) is 26.8 Å². The summed E-state index contributed by atoms with van der Waals surface area (Å²) in [6.07, 6.45) is 5.77. The van der Waals surface area contributed by atoms with Gasteiger partial charge in [-0.05, 0) is 53.7 Å². The maximum atomic E-state index is 5.48. The van der Waals surface area contributed by atoms with E-state index in [0.717, 1.165) is 28.3 Å². The van der Waals surface area contributed by atoms with Gasteiger partial charge in [-0.2, -0.15) is 4.57 Å². The van der Waals surface area contributed by atoms with Crippen LogP contribution in [0.15, 0.2) is 152 Å². The molecule has 0 spiro atoms. The van der Waals surface area contributed by atoms with Gasteiger partial charge in [-0.25, -0.2) is 0 Å². The smallest absolute Gasteiger partial charge is 0.293 e. The Balaban J connectivity index is 0.000000135. The Morgan fingerprint density at radius 2 is 1.39 bits per heavy atom. The molecule has 4 heterocycles. The Kier molecular flexibility index (Phi) is 10.4. The molecule has 5 heteroatoms. The van der Waals surface area contributed by atoms with E-state index in [1.54, 1.807) is 6.20 Å². The first-order valence-electron chi connectivity index (χ1n) is 14.2. The average molecular weight is 749 g/mol. The number of nitrogens with zero attached hydrogens (tertiary/aromatic N) is 3. The van der Waals surface area contributed by atoms with E-state index in [9.17, 15) is 0 Å². The molecule has 0 saturated carbocycles. The molecule has 0 fully saturated rings. The number of aromatic nitrogens is 3. The van der Waals surface area contributed by atoms with E-state index in [1.165, 1.54) is 27.6 Å². The van der Waals surface area contributed by atoms with Crippen LogP contribution in [0.25, 0.3) is 44.5 Å². The summed E-state index contributed by atoms with van der Waals surface area (Å²) >= 11 is 0. The third-order valence-electron chi connectivity index (χ3n) is 7.05. The summed E-state index contributed by atoms with van der Waals surface area (Å²) in [4.78, 5) is 8.77. The van der Waals surface area contributed by atoms with Crippen LogP contribution in [0.5, 0.6) is 5.75 Å². The summed E-state index contributed by atoms with van der Waals surface area (Å²) in [6.45, 7) is 2.77. The predicted molar refractivity (Wildman–Crippen MR) is 172 cm³/mol. The molecule has 4 nitrogen and oxygen atoms in total. The summed E-state index contributed by atoms with van der Waals surface area (Å²) in [6, 6.07) is 50.7. The molecule has 1 radical (unpaired) electrons. The van der Waals surface area contributed by atoms with Crippen LogP contribution >= 0.6 is 0 Å². The second-order valence-corrected chi connectivity index (χ2v) is 9.96. The van der Waals surface area contributed by atoms with Gasteiger partial charge in [0.2, 0.25) is 0 Å². The molecular formula is C39H30IrN3O-. The zero-order valence-corrected chi connectivity index (χ0v) is 26.6. The number of hydrogen-bond donors (Lipinski definition) is 0. The van der Waals surface area contributed by atoms with Gasteiger partial charge < -0.3 is 14.7 Å². The summed E-state index contributed by atoms with van der Waals surface area (Å²) in [7, 11) is 0. The van der Waals surface area contributed by atoms with Crippen molar-refractivity contribution in [3.63, 3.8) is 0 Å². The Hall–Kier alpha value is -4.96. The number of rotatable bonds is 3. The van der Waals surface area contributed by atoms with Gasteiger partial charge in [0, 0.05) is 44.1 Å². The topological polar surface area (TPSA) is 38.9 Å². The molecule has 0 unspecified atom stereocenters. The van der Waals surface area contributed by atoms with Crippen LogP contribution < -0.4 is 9.30 Å². The van der Waals surface area contributed by atoms with E-state index < -0.39 is 0 Å². The van der Waals surface area contributed by atoms with Gasteiger partial charge in [0.15, 0.2) is 11.9 Å². The SMILES string of the molecule is Cc1cc(-c2[c-]cccc2)ncc1-c1ccccc1.[Ir].[c-]1ccccc1-c1ccccn1.c1cc2c3c(c1)ccc[n+]3CO2. The molecule has 4 aromatic carbocycles. The standard InChI is InChI=1S/C18H14N.C11H8N.C10H8NO.Ir/c1-14-12-18(16-10-6-3-7-11-16)19-13-17(14)15-8-4-2-5-9-15;1-2-6-10(7-3-1)11-8-4-5-9-12-11;1-3-8-4-2-6-11-7-12-9(5-1)10(8)11;/h2-10,12-13H,1H3;1-6,8-9H;1-6H,7H2;/q2*-1;+1;. The van der Waals surface area contributed by atoms with Crippen LogP contribution in [0.4, 0.5) is 0 Å². The summed E-state index contributed by atoms with van der Waals surface area (Å²) < 4.78 is 7.59. The molecule has 0 N–H and O–H groups in total. The first kappa shape index (κ1) is 30.5. The third kappa shape index (κ3) is 7.33. The van der Waals surface area contributed by atoms with Gasteiger partial charge in [0.1, 0.15) is 0 Å². The van der Waals surface area contributed by atoms with E-state index in [0.29, 0.717) is 6.73 Å². The number of hydrogen-bond acceptors (Lipinski definition) is 3. The minimum absolute atomic E-state index is 0. The maximum Gasteiger partial charge on any atom is 0.293 e. The van der Waals surface area contributed by atoms with Crippen molar-refractivity contribution >= 4 is 10.9 Å². The van der Waals surface area contributed by atoms with E-state index in [2.05, 4.69) is 63.9 Å². The molecule has 0 aliphatic carbocycles. The molecule has 44 heavy (non-hydrogen) atoms. The molecule has 0 atom stereocenters. The van der Waals surface area contributed by atoms with Gasteiger partial charge in [-0.3, -0.25) is 0 Å². The van der Waals surface area contributed by atoms with Gasteiger partial charge in [0.05, 0.1) is 5.39 Å². The van der Waals surface area contributed by atoms with Gasteiger partial charge >= 0.3 is 0 Å². The quantitative estimate of drug-likeness (QED) is 0.134. The summed E-state index contributed by atoms with van der Waals surface area (Å²) in [5.74, 6) is 0.994. The zero-order chi connectivity index (χ0) is 29.3. The van der Waals surface area contributed by atoms with Crippen LogP contribution in [0, 0.1) is 19.1 Å². The Bertz CT molecular complexity index is 1840. The van der Waals surface area contributed by atoms with E-state index >= 15 is 0 Å².